The molecule has 0 unspecified atom stereocenters. The lowest BCUT2D eigenvalue weighted by atomic mass is 10.0. The number of amides is 1. The van der Waals surface area contributed by atoms with Gasteiger partial charge in [0.05, 0.1) is 0 Å². The van der Waals surface area contributed by atoms with Crippen molar-refractivity contribution in [1.29, 1.82) is 0 Å². The highest BCUT2D eigenvalue weighted by Crippen LogP contribution is 2.25. The monoisotopic (exact) mass is 225 g/mol. The average molecular weight is 225 g/mol. The SMILES string of the molecule is NC(=O)C(c1ccccc1)([N+](=O)[O-])[N+](=O)[O-]. The third kappa shape index (κ3) is 1.45. The van der Waals surface area contributed by atoms with E-state index in [0.717, 1.165) is 12.1 Å². The molecule has 0 radical (unpaired) electrons. The second-order valence-electron chi connectivity index (χ2n) is 2.92. The molecule has 8 nitrogen and oxygen atoms in total. The molecule has 0 bridgehead atoms. The van der Waals surface area contributed by atoms with E-state index in [4.69, 9.17) is 5.73 Å². The van der Waals surface area contributed by atoms with Gasteiger partial charge in [-0.05, 0) is 12.1 Å². The van der Waals surface area contributed by atoms with Crippen LogP contribution >= 0.6 is 0 Å². The molecule has 1 aromatic carbocycles. The van der Waals surface area contributed by atoms with E-state index in [9.17, 15) is 25.0 Å². The highest BCUT2D eigenvalue weighted by atomic mass is 16.7. The van der Waals surface area contributed by atoms with Crippen LogP contribution < -0.4 is 5.73 Å². The van der Waals surface area contributed by atoms with E-state index in [1.165, 1.54) is 18.2 Å². The number of hydrogen-bond acceptors (Lipinski definition) is 5. The van der Waals surface area contributed by atoms with Crippen molar-refractivity contribution < 1.29 is 14.6 Å². The molecule has 0 spiro atoms. The normalized spacial score (nSPS) is 10.8. The molecule has 0 heterocycles. The third-order valence-electron chi connectivity index (χ3n) is 2.05. The van der Waals surface area contributed by atoms with Crippen LogP contribution in [0.25, 0.3) is 0 Å². The molecule has 1 aromatic rings. The van der Waals surface area contributed by atoms with Crippen LogP contribution in [0.2, 0.25) is 0 Å². The number of rotatable bonds is 4. The zero-order valence-electron chi connectivity index (χ0n) is 7.90. The van der Waals surface area contributed by atoms with E-state index in [2.05, 4.69) is 0 Å². The Morgan fingerprint density at radius 2 is 1.56 bits per heavy atom. The van der Waals surface area contributed by atoms with Gasteiger partial charge < -0.3 is 5.73 Å². The van der Waals surface area contributed by atoms with Gasteiger partial charge in [-0.1, -0.05) is 18.2 Å². The van der Waals surface area contributed by atoms with Crippen LogP contribution in [0.1, 0.15) is 5.56 Å². The summed E-state index contributed by atoms with van der Waals surface area (Å²) < 4.78 is 0. The maximum Gasteiger partial charge on any atom is 0.560 e. The fourth-order valence-corrected chi connectivity index (χ4v) is 1.27. The van der Waals surface area contributed by atoms with E-state index >= 15 is 0 Å². The van der Waals surface area contributed by atoms with E-state index in [1.54, 1.807) is 0 Å². The Hall–Kier alpha value is -2.51. The Bertz CT molecular complexity index is 408. The lowest BCUT2D eigenvalue weighted by Crippen LogP contribution is -2.53. The van der Waals surface area contributed by atoms with Crippen molar-refractivity contribution in [2.75, 3.05) is 0 Å². The quantitative estimate of drug-likeness (QED) is 0.433. The van der Waals surface area contributed by atoms with Crippen LogP contribution in [-0.2, 0) is 10.5 Å². The smallest absolute Gasteiger partial charge is 0.357 e. The molecule has 1 amide bonds. The van der Waals surface area contributed by atoms with Crippen molar-refractivity contribution in [2.45, 2.75) is 5.66 Å². The molecule has 0 aliphatic heterocycles. The van der Waals surface area contributed by atoms with Crippen molar-refractivity contribution in [3.63, 3.8) is 0 Å². The number of nitrogens with two attached hydrogens (primary N) is 1. The number of carbonyl (C=O) groups is 1. The molecule has 84 valence electrons. The molecule has 0 atom stereocenters. The lowest BCUT2D eigenvalue weighted by Gasteiger charge is -2.13. The van der Waals surface area contributed by atoms with E-state index in [0.29, 0.717) is 0 Å². The number of primary amides is 1. The van der Waals surface area contributed by atoms with Crippen molar-refractivity contribution in [2.24, 2.45) is 5.73 Å². The average Bonchev–Trinajstić information content (AvgIpc) is 2.18. The molecule has 16 heavy (non-hydrogen) atoms. The van der Waals surface area contributed by atoms with Gasteiger partial charge in [0.1, 0.15) is 15.4 Å². The summed E-state index contributed by atoms with van der Waals surface area (Å²) >= 11 is 0. The Labute approximate surface area is 89.0 Å². The fraction of sp³-hybridized carbons (Fsp3) is 0.125. The van der Waals surface area contributed by atoms with E-state index < -0.39 is 21.4 Å². The van der Waals surface area contributed by atoms with Crippen LogP contribution in [-0.4, -0.2) is 15.8 Å². The molecular formula is C8H7N3O5. The largest absolute Gasteiger partial charge is 0.560 e. The van der Waals surface area contributed by atoms with E-state index in [1.807, 2.05) is 0 Å². The topological polar surface area (TPSA) is 129 Å². The summed E-state index contributed by atoms with van der Waals surface area (Å²) in [6, 6.07) is 6.42. The van der Waals surface area contributed by atoms with Gasteiger partial charge in [-0.15, -0.1) is 0 Å². The molecule has 8 heteroatoms. The minimum atomic E-state index is -3.12. The maximum atomic E-state index is 11.0. The van der Waals surface area contributed by atoms with E-state index in [-0.39, 0.29) is 5.56 Å². The van der Waals surface area contributed by atoms with Crippen LogP contribution in [0.3, 0.4) is 0 Å². The van der Waals surface area contributed by atoms with Crippen molar-refractivity contribution in [3.8, 4) is 0 Å². The molecule has 0 aliphatic rings. The summed E-state index contributed by atoms with van der Waals surface area (Å²) in [7, 11) is 0. The Kier molecular flexibility index (Phi) is 2.84. The van der Waals surface area contributed by atoms with Crippen LogP contribution in [0.15, 0.2) is 30.3 Å². The van der Waals surface area contributed by atoms with Crippen molar-refractivity contribution >= 4 is 5.91 Å². The first-order valence-corrected chi connectivity index (χ1v) is 4.08. The summed E-state index contributed by atoms with van der Waals surface area (Å²) in [5.74, 6) is -1.63. The predicted molar refractivity (Wildman–Crippen MR) is 51.3 cm³/mol. The van der Waals surface area contributed by atoms with Gasteiger partial charge in [-0.3, -0.25) is 25.0 Å². The molecule has 2 N–H and O–H groups in total. The second-order valence-corrected chi connectivity index (χ2v) is 2.92. The molecular weight excluding hydrogens is 218 g/mol. The standard InChI is InChI=1S/C8H7N3O5/c9-7(12)8(10(13)14,11(15)16)6-4-2-1-3-5-6/h1-5H,(H2,9,12). The Morgan fingerprint density at radius 1 is 1.12 bits per heavy atom. The summed E-state index contributed by atoms with van der Waals surface area (Å²) in [4.78, 5) is 30.0. The minimum Gasteiger partial charge on any atom is -0.357 e. The number of hydrogen-bond donors (Lipinski definition) is 1. The summed E-state index contributed by atoms with van der Waals surface area (Å²) in [6.07, 6.45) is 0. The van der Waals surface area contributed by atoms with Gasteiger partial charge in [-0.2, -0.15) is 0 Å². The third-order valence-corrected chi connectivity index (χ3v) is 2.05. The second kappa shape index (κ2) is 3.93. The first-order valence-electron chi connectivity index (χ1n) is 4.08. The number of benzene rings is 1. The minimum absolute atomic E-state index is 0.377. The highest BCUT2D eigenvalue weighted by molar-refractivity contribution is 5.82. The number of nitrogens with zero attached hydrogens (tertiary/aromatic N) is 2. The van der Waals surface area contributed by atoms with Gasteiger partial charge in [0.15, 0.2) is 0 Å². The predicted octanol–water partition coefficient (Wildman–Crippen LogP) is -0.122. The zero-order chi connectivity index (χ0) is 12.3. The molecule has 0 aromatic heterocycles. The van der Waals surface area contributed by atoms with Crippen LogP contribution in [0.4, 0.5) is 0 Å². The fourth-order valence-electron chi connectivity index (χ4n) is 1.27. The molecule has 0 fully saturated rings. The van der Waals surface area contributed by atoms with Crippen molar-refractivity contribution in [3.05, 3.63) is 56.1 Å². The first kappa shape index (κ1) is 11.6. The summed E-state index contributed by atoms with van der Waals surface area (Å²) in [5.41, 5.74) is 1.28. The van der Waals surface area contributed by atoms with Crippen LogP contribution in [0, 0.1) is 20.2 Å². The van der Waals surface area contributed by atoms with Gasteiger partial charge >= 0.3 is 11.6 Å². The van der Waals surface area contributed by atoms with Gasteiger partial charge in [0.2, 0.25) is 0 Å². The summed E-state index contributed by atoms with van der Waals surface area (Å²) in [5, 5.41) is 21.5. The van der Waals surface area contributed by atoms with Gasteiger partial charge in [0, 0.05) is 0 Å². The Morgan fingerprint density at radius 3 is 1.88 bits per heavy atom. The lowest BCUT2D eigenvalue weighted by molar-refractivity contribution is -0.788. The maximum absolute atomic E-state index is 11.0. The van der Waals surface area contributed by atoms with Gasteiger partial charge in [0.25, 0.3) is 0 Å². The highest BCUT2D eigenvalue weighted by Gasteiger charge is 2.64. The summed E-state index contributed by atoms with van der Waals surface area (Å²) in [6.45, 7) is 0. The van der Waals surface area contributed by atoms with Gasteiger partial charge in [-0.25, -0.2) is 0 Å². The number of nitro groups is 2. The zero-order valence-corrected chi connectivity index (χ0v) is 7.90. The Balaban J connectivity index is 3.52. The van der Waals surface area contributed by atoms with Crippen molar-refractivity contribution in [1.82, 2.24) is 0 Å². The molecule has 0 saturated carbocycles. The number of carbonyl (C=O) groups excluding carboxylic acids is 1. The molecule has 1 rings (SSSR count). The molecule has 0 saturated heterocycles. The molecule has 0 aliphatic carbocycles. The first-order chi connectivity index (χ1) is 7.44. The van der Waals surface area contributed by atoms with Crippen LogP contribution in [0.5, 0.6) is 0 Å².